The number of piperidine rings is 1. The van der Waals surface area contributed by atoms with Crippen LogP contribution in [0, 0.1) is 5.82 Å². The third-order valence-corrected chi connectivity index (χ3v) is 4.84. The van der Waals surface area contributed by atoms with E-state index in [0.29, 0.717) is 31.5 Å². The summed E-state index contributed by atoms with van der Waals surface area (Å²) < 4.78 is 13.6. The Balaban J connectivity index is 2.22. The molecule has 2 N–H and O–H groups in total. The zero-order chi connectivity index (χ0) is 20.7. The van der Waals surface area contributed by atoms with Gasteiger partial charge in [0.1, 0.15) is 11.9 Å². The van der Waals surface area contributed by atoms with Crippen LogP contribution in [0.15, 0.2) is 43.5 Å². The van der Waals surface area contributed by atoms with E-state index in [1.807, 2.05) is 0 Å². The first-order valence-electron chi connectivity index (χ1n) is 9.08. The van der Waals surface area contributed by atoms with Crippen LogP contribution in [-0.2, 0) is 4.79 Å². The SMILES string of the molecule is C=CC[C@@H](Nc1cc(F)cc(Cl)c1)C(=O)N(CC=C)[C@@H]1CCCN(C(=O)O)C1. The first-order chi connectivity index (χ1) is 13.3. The second-order valence-corrected chi connectivity index (χ2v) is 7.12. The zero-order valence-electron chi connectivity index (χ0n) is 15.6. The van der Waals surface area contributed by atoms with E-state index >= 15 is 0 Å². The quantitative estimate of drug-likeness (QED) is 0.637. The molecule has 1 aliphatic heterocycles. The third kappa shape index (κ3) is 5.73. The molecule has 1 saturated heterocycles. The number of nitrogens with one attached hydrogen (secondary N) is 1. The van der Waals surface area contributed by atoms with Crippen LogP contribution >= 0.6 is 11.6 Å². The fourth-order valence-corrected chi connectivity index (χ4v) is 3.59. The van der Waals surface area contributed by atoms with Crippen molar-refractivity contribution < 1.29 is 19.1 Å². The molecule has 1 aromatic rings. The fraction of sp³-hybridized carbons (Fsp3) is 0.400. The lowest BCUT2D eigenvalue weighted by molar-refractivity contribution is -0.134. The van der Waals surface area contributed by atoms with Crippen molar-refractivity contribution in [2.24, 2.45) is 0 Å². The van der Waals surface area contributed by atoms with Gasteiger partial charge in [-0.15, -0.1) is 13.2 Å². The minimum atomic E-state index is -0.995. The van der Waals surface area contributed by atoms with E-state index < -0.39 is 18.0 Å². The van der Waals surface area contributed by atoms with Gasteiger partial charge in [0.15, 0.2) is 0 Å². The molecule has 28 heavy (non-hydrogen) atoms. The average Bonchev–Trinajstić information content (AvgIpc) is 2.64. The minimum Gasteiger partial charge on any atom is -0.465 e. The number of carbonyl (C=O) groups is 2. The fourth-order valence-electron chi connectivity index (χ4n) is 3.37. The van der Waals surface area contributed by atoms with Crippen molar-refractivity contribution in [3.63, 3.8) is 0 Å². The summed E-state index contributed by atoms with van der Waals surface area (Å²) in [6.45, 7) is 8.40. The molecule has 8 heteroatoms. The van der Waals surface area contributed by atoms with Crippen molar-refractivity contribution in [3.05, 3.63) is 54.3 Å². The molecule has 0 spiro atoms. The van der Waals surface area contributed by atoms with Crippen LogP contribution in [0.5, 0.6) is 0 Å². The number of nitrogens with zero attached hydrogens (tertiary/aromatic N) is 2. The van der Waals surface area contributed by atoms with E-state index in [0.717, 1.165) is 0 Å². The van der Waals surface area contributed by atoms with Gasteiger partial charge in [-0.25, -0.2) is 9.18 Å². The maximum absolute atomic E-state index is 13.6. The highest BCUT2D eigenvalue weighted by atomic mass is 35.5. The van der Waals surface area contributed by atoms with Gasteiger partial charge in [-0.1, -0.05) is 23.8 Å². The Labute approximate surface area is 169 Å². The lowest BCUT2D eigenvalue weighted by atomic mass is 10.0. The Morgan fingerprint density at radius 3 is 2.75 bits per heavy atom. The van der Waals surface area contributed by atoms with E-state index in [2.05, 4.69) is 18.5 Å². The minimum absolute atomic E-state index is 0.222. The molecule has 6 nitrogen and oxygen atoms in total. The van der Waals surface area contributed by atoms with Gasteiger partial charge in [0, 0.05) is 36.4 Å². The largest absolute Gasteiger partial charge is 0.465 e. The molecule has 0 saturated carbocycles. The lowest BCUT2D eigenvalue weighted by Crippen LogP contribution is -2.54. The Morgan fingerprint density at radius 1 is 1.39 bits per heavy atom. The maximum atomic E-state index is 13.6. The molecule has 0 unspecified atom stereocenters. The normalized spacial score (nSPS) is 17.5. The highest BCUT2D eigenvalue weighted by Gasteiger charge is 2.33. The standard InChI is InChI=1S/C20H25ClFN3O3/c1-3-6-18(23-16-11-14(21)10-15(22)12-16)19(26)25(8-4-2)17-7-5-9-24(13-17)20(27)28/h3-4,10-12,17-18,23H,1-2,5-9,13H2,(H,27,28)/t17-,18-/m1/s1. The highest BCUT2D eigenvalue weighted by molar-refractivity contribution is 6.30. The molecular weight excluding hydrogens is 385 g/mol. The second-order valence-electron chi connectivity index (χ2n) is 6.68. The smallest absolute Gasteiger partial charge is 0.407 e. The van der Waals surface area contributed by atoms with Crippen molar-refractivity contribution in [2.45, 2.75) is 31.3 Å². The number of anilines is 1. The average molecular weight is 410 g/mol. The molecule has 0 bridgehead atoms. The molecule has 1 aromatic carbocycles. The third-order valence-electron chi connectivity index (χ3n) is 4.62. The van der Waals surface area contributed by atoms with Gasteiger partial charge in [0.2, 0.25) is 5.91 Å². The Hall–Kier alpha value is -2.54. The Kier molecular flexibility index (Phi) is 7.87. The van der Waals surface area contributed by atoms with E-state index in [1.165, 1.54) is 17.0 Å². The Bertz CT molecular complexity index is 723. The van der Waals surface area contributed by atoms with Crippen LogP contribution in [0.25, 0.3) is 0 Å². The van der Waals surface area contributed by atoms with Gasteiger partial charge >= 0.3 is 6.09 Å². The summed E-state index contributed by atoms with van der Waals surface area (Å²) in [5, 5.41) is 12.5. The number of carbonyl (C=O) groups excluding carboxylic acids is 1. The summed E-state index contributed by atoms with van der Waals surface area (Å²) in [5.41, 5.74) is 0.388. The van der Waals surface area contributed by atoms with Crippen molar-refractivity contribution in [1.82, 2.24) is 9.80 Å². The maximum Gasteiger partial charge on any atom is 0.407 e. The van der Waals surface area contributed by atoms with Gasteiger partial charge < -0.3 is 20.2 Å². The molecule has 1 fully saturated rings. The monoisotopic (exact) mass is 409 g/mol. The molecule has 1 aliphatic rings. The molecule has 152 valence electrons. The van der Waals surface area contributed by atoms with Gasteiger partial charge in [-0.3, -0.25) is 4.79 Å². The number of hydrogen-bond acceptors (Lipinski definition) is 3. The summed E-state index contributed by atoms with van der Waals surface area (Å²) in [6.07, 6.45) is 3.92. The second kappa shape index (κ2) is 10.1. The molecule has 1 heterocycles. The summed E-state index contributed by atoms with van der Waals surface area (Å²) >= 11 is 5.90. The first-order valence-corrected chi connectivity index (χ1v) is 9.46. The molecule has 0 radical (unpaired) electrons. The number of amides is 2. The van der Waals surface area contributed by atoms with E-state index in [4.69, 9.17) is 11.6 Å². The van der Waals surface area contributed by atoms with Crippen molar-refractivity contribution in [1.29, 1.82) is 0 Å². The van der Waals surface area contributed by atoms with Gasteiger partial charge in [-0.05, 0) is 37.5 Å². The summed E-state index contributed by atoms with van der Waals surface area (Å²) in [7, 11) is 0. The van der Waals surface area contributed by atoms with Crippen LogP contribution in [0.4, 0.5) is 14.9 Å². The lowest BCUT2D eigenvalue weighted by Gasteiger charge is -2.39. The molecule has 2 atom stereocenters. The van der Waals surface area contributed by atoms with Crippen molar-refractivity contribution in [2.75, 3.05) is 25.0 Å². The van der Waals surface area contributed by atoms with Crippen molar-refractivity contribution >= 4 is 29.3 Å². The summed E-state index contributed by atoms with van der Waals surface area (Å²) in [4.78, 5) is 27.5. The van der Waals surface area contributed by atoms with Crippen LogP contribution in [0.2, 0.25) is 5.02 Å². The predicted molar refractivity (Wildman–Crippen MR) is 108 cm³/mol. The molecule has 2 rings (SSSR count). The number of benzene rings is 1. The molecule has 2 amide bonds. The topological polar surface area (TPSA) is 72.9 Å². The highest BCUT2D eigenvalue weighted by Crippen LogP contribution is 2.22. The van der Waals surface area contributed by atoms with Crippen molar-refractivity contribution in [3.8, 4) is 0 Å². The number of hydrogen-bond donors (Lipinski definition) is 2. The zero-order valence-corrected chi connectivity index (χ0v) is 16.4. The number of halogens is 2. The summed E-state index contributed by atoms with van der Waals surface area (Å²) in [6, 6.07) is 3.05. The predicted octanol–water partition coefficient (Wildman–Crippen LogP) is 3.99. The van der Waals surface area contributed by atoms with Crippen LogP contribution in [0.1, 0.15) is 19.3 Å². The van der Waals surface area contributed by atoms with Gasteiger partial charge in [-0.2, -0.15) is 0 Å². The van der Waals surface area contributed by atoms with E-state index in [9.17, 15) is 19.1 Å². The number of carboxylic acid groups (broad SMARTS) is 1. The van der Waals surface area contributed by atoms with Crippen LogP contribution < -0.4 is 5.32 Å². The molecule has 0 aliphatic carbocycles. The first kappa shape index (κ1) is 21.8. The van der Waals surface area contributed by atoms with Crippen LogP contribution in [-0.4, -0.2) is 58.6 Å². The molecule has 0 aromatic heterocycles. The Morgan fingerprint density at radius 2 is 2.14 bits per heavy atom. The van der Waals surface area contributed by atoms with Gasteiger partial charge in [0.05, 0.1) is 0 Å². The van der Waals surface area contributed by atoms with Crippen LogP contribution in [0.3, 0.4) is 0 Å². The number of rotatable bonds is 8. The van der Waals surface area contributed by atoms with E-state index in [1.54, 1.807) is 23.1 Å². The van der Waals surface area contributed by atoms with Gasteiger partial charge in [0.25, 0.3) is 0 Å². The summed E-state index contributed by atoms with van der Waals surface area (Å²) in [5.74, 6) is -0.732. The number of likely N-dealkylation sites (tertiary alicyclic amines) is 1. The van der Waals surface area contributed by atoms with E-state index in [-0.39, 0.29) is 30.1 Å². The molecular formula is C20H25ClFN3O3.